The summed E-state index contributed by atoms with van der Waals surface area (Å²) in [6.45, 7) is 5.51. The van der Waals surface area contributed by atoms with E-state index >= 15 is 0 Å². The van der Waals surface area contributed by atoms with Gasteiger partial charge in [-0.3, -0.25) is 4.79 Å². The molecule has 1 aliphatic carbocycles. The van der Waals surface area contributed by atoms with Crippen LogP contribution in [0.5, 0.6) is 0 Å². The summed E-state index contributed by atoms with van der Waals surface area (Å²) in [5.74, 6) is -0.600. The maximum Gasteiger partial charge on any atom is 0.311 e. The second kappa shape index (κ2) is 4.13. The van der Waals surface area contributed by atoms with Gasteiger partial charge in [-0.25, -0.2) is 0 Å². The fourth-order valence-corrected chi connectivity index (χ4v) is 2.16. The Balaban J connectivity index is 2.17. The van der Waals surface area contributed by atoms with E-state index in [1.54, 1.807) is 0 Å². The van der Waals surface area contributed by atoms with Gasteiger partial charge in [0.1, 0.15) is 5.60 Å². The van der Waals surface area contributed by atoms with Crippen LogP contribution in [0.25, 0.3) is 0 Å². The van der Waals surface area contributed by atoms with Crippen LogP contribution in [0.2, 0.25) is 0 Å². The first kappa shape index (κ1) is 12.6. The summed E-state index contributed by atoms with van der Waals surface area (Å²) in [7, 11) is 0. The van der Waals surface area contributed by atoms with Gasteiger partial charge in [0.05, 0.1) is 17.4 Å². The number of carbonyl (C=O) groups excluding carboxylic acids is 1. The summed E-state index contributed by atoms with van der Waals surface area (Å²) in [5, 5.41) is 9.37. The Morgan fingerprint density at radius 3 is 2.50 bits per heavy atom. The van der Waals surface area contributed by atoms with Crippen LogP contribution in [0.3, 0.4) is 0 Å². The van der Waals surface area contributed by atoms with E-state index < -0.39 is 11.0 Å². The van der Waals surface area contributed by atoms with Crippen LogP contribution in [0.15, 0.2) is 30.3 Å². The van der Waals surface area contributed by atoms with Crippen molar-refractivity contribution in [1.29, 1.82) is 5.26 Å². The Morgan fingerprint density at radius 1 is 1.39 bits per heavy atom. The highest BCUT2D eigenvalue weighted by Crippen LogP contribution is 2.54. The van der Waals surface area contributed by atoms with Crippen molar-refractivity contribution in [2.75, 3.05) is 0 Å². The van der Waals surface area contributed by atoms with E-state index in [0.29, 0.717) is 6.42 Å². The van der Waals surface area contributed by atoms with Crippen molar-refractivity contribution in [3.63, 3.8) is 0 Å². The molecule has 3 nitrogen and oxygen atoms in total. The summed E-state index contributed by atoms with van der Waals surface area (Å²) in [4.78, 5) is 12.0. The molecule has 2 rings (SSSR count). The Bertz CT molecular complexity index is 495. The molecule has 0 amide bonds. The molecule has 2 atom stereocenters. The topological polar surface area (TPSA) is 50.1 Å². The summed E-state index contributed by atoms with van der Waals surface area (Å²) in [5.41, 5.74) is -0.274. The number of hydrogen-bond donors (Lipinski definition) is 0. The molecule has 0 spiro atoms. The number of nitriles is 1. The predicted molar refractivity (Wildman–Crippen MR) is 67.7 cm³/mol. The molecule has 0 bridgehead atoms. The number of benzene rings is 1. The molecule has 0 heterocycles. The molecule has 0 N–H and O–H groups in total. The summed E-state index contributed by atoms with van der Waals surface area (Å²) in [6, 6.07) is 11.8. The molecule has 1 aromatic rings. The van der Waals surface area contributed by atoms with Gasteiger partial charge in [0, 0.05) is 0 Å². The van der Waals surface area contributed by atoms with Crippen LogP contribution in [-0.4, -0.2) is 11.6 Å². The van der Waals surface area contributed by atoms with Gasteiger partial charge < -0.3 is 4.74 Å². The number of carbonyl (C=O) groups is 1. The first-order valence-corrected chi connectivity index (χ1v) is 6.09. The third-order valence-electron chi connectivity index (χ3n) is 3.14. The van der Waals surface area contributed by atoms with E-state index in [2.05, 4.69) is 6.07 Å². The van der Waals surface area contributed by atoms with Crippen molar-refractivity contribution in [1.82, 2.24) is 0 Å². The lowest BCUT2D eigenvalue weighted by molar-refractivity contribution is -0.156. The van der Waals surface area contributed by atoms with E-state index in [1.807, 2.05) is 51.1 Å². The van der Waals surface area contributed by atoms with Crippen LogP contribution in [0.1, 0.15) is 32.8 Å². The highest BCUT2D eigenvalue weighted by atomic mass is 16.6. The van der Waals surface area contributed by atoms with E-state index in [9.17, 15) is 10.1 Å². The van der Waals surface area contributed by atoms with E-state index in [1.165, 1.54) is 0 Å². The van der Waals surface area contributed by atoms with Crippen LogP contribution in [-0.2, 0) is 14.9 Å². The Hall–Kier alpha value is -1.82. The zero-order chi connectivity index (χ0) is 13.4. The molecule has 94 valence electrons. The van der Waals surface area contributed by atoms with Gasteiger partial charge in [-0.1, -0.05) is 30.3 Å². The zero-order valence-electron chi connectivity index (χ0n) is 10.9. The lowest BCUT2D eigenvalue weighted by Crippen LogP contribution is -2.27. The minimum Gasteiger partial charge on any atom is -0.460 e. The standard InChI is InChI=1S/C15H17NO2/c1-14(2,3)18-13(17)12-9-15(12,10-16)11-7-5-4-6-8-11/h4-8,12H,9H2,1-3H3. The largest absolute Gasteiger partial charge is 0.460 e. The van der Waals surface area contributed by atoms with Gasteiger partial charge in [0.15, 0.2) is 0 Å². The molecule has 0 aromatic heterocycles. The number of ether oxygens (including phenoxy) is 1. The van der Waals surface area contributed by atoms with E-state index in [0.717, 1.165) is 5.56 Å². The molecule has 1 saturated carbocycles. The Morgan fingerprint density at radius 2 is 2.00 bits per heavy atom. The fourth-order valence-electron chi connectivity index (χ4n) is 2.16. The molecule has 2 unspecified atom stereocenters. The normalized spacial score (nSPS) is 26.2. The first-order valence-electron chi connectivity index (χ1n) is 6.09. The third-order valence-corrected chi connectivity index (χ3v) is 3.14. The number of nitrogens with zero attached hydrogens (tertiary/aromatic N) is 1. The summed E-state index contributed by atoms with van der Waals surface area (Å²) < 4.78 is 5.35. The second-order valence-electron chi connectivity index (χ2n) is 5.74. The van der Waals surface area contributed by atoms with Crippen molar-refractivity contribution >= 4 is 5.97 Å². The van der Waals surface area contributed by atoms with E-state index in [-0.39, 0.29) is 11.9 Å². The minimum absolute atomic E-state index is 0.270. The molecule has 0 saturated heterocycles. The molecule has 1 aromatic carbocycles. The molecule has 1 fully saturated rings. The maximum absolute atomic E-state index is 12.0. The van der Waals surface area contributed by atoms with Gasteiger partial charge in [-0.15, -0.1) is 0 Å². The lowest BCUT2D eigenvalue weighted by atomic mass is 9.95. The predicted octanol–water partition coefficient (Wildman–Crippen LogP) is 2.81. The fraction of sp³-hybridized carbons (Fsp3) is 0.467. The van der Waals surface area contributed by atoms with E-state index in [4.69, 9.17) is 4.74 Å². The first-order chi connectivity index (χ1) is 8.39. The van der Waals surface area contributed by atoms with Crippen molar-refractivity contribution in [3.8, 4) is 6.07 Å². The number of rotatable bonds is 2. The second-order valence-corrected chi connectivity index (χ2v) is 5.74. The molecule has 0 radical (unpaired) electrons. The molecule has 1 aliphatic rings. The summed E-state index contributed by atoms with van der Waals surface area (Å²) >= 11 is 0. The highest BCUT2D eigenvalue weighted by molar-refractivity contribution is 5.81. The molecule has 0 aliphatic heterocycles. The lowest BCUT2D eigenvalue weighted by Gasteiger charge is -2.20. The van der Waals surface area contributed by atoms with Gasteiger partial charge in [0.2, 0.25) is 0 Å². The monoisotopic (exact) mass is 243 g/mol. The van der Waals surface area contributed by atoms with Crippen molar-refractivity contribution in [2.24, 2.45) is 5.92 Å². The average molecular weight is 243 g/mol. The molecule has 3 heteroatoms. The van der Waals surface area contributed by atoms with Crippen molar-refractivity contribution < 1.29 is 9.53 Å². The number of hydrogen-bond acceptors (Lipinski definition) is 3. The van der Waals surface area contributed by atoms with Crippen LogP contribution in [0.4, 0.5) is 0 Å². The summed E-state index contributed by atoms with van der Waals surface area (Å²) in [6.07, 6.45) is 0.558. The molecular formula is C15H17NO2. The Labute approximate surface area is 107 Å². The minimum atomic E-state index is -0.677. The third kappa shape index (κ3) is 2.24. The van der Waals surface area contributed by atoms with Gasteiger partial charge >= 0.3 is 5.97 Å². The number of esters is 1. The average Bonchev–Trinajstić information content (AvgIpc) is 3.04. The van der Waals surface area contributed by atoms with Gasteiger partial charge in [-0.2, -0.15) is 5.26 Å². The van der Waals surface area contributed by atoms with Crippen molar-refractivity contribution in [2.45, 2.75) is 38.2 Å². The Kier molecular flexibility index (Phi) is 2.90. The van der Waals surface area contributed by atoms with Crippen LogP contribution >= 0.6 is 0 Å². The quantitative estimate of drug-likeness (QED) is 0.750. The highest BCUT2D eigenvalue weighted by Gasteiger charge is 2.61. The molecule has 18 heavy (non-hydrogen) atoms. The zero-order valence-corrected chi connectivity index (χ0v) is 10.9. The maximum atomic E-state index is 12.0. The SMILES string of the molecule is CC(C)(C)OC(=O)C1CC1(C#N)c1ccccc1. The van der Waals surface area contributed by atoms with Gasteiger partial charge in [0.25, 0.3) is 0 Å². The molecular weight excluding hydrogens is 226 g/mol. The van der Waals surface area contributed by atoms with Crippen LogP contribution in [0, 0.1) is 17.2 Å². The van der Waals surface area contributed by atoms with Gasteiger partial charge in [-0.05, 0) is 32.8 Å². The smallest absolute Gasteiger partial charge is 0.311 e. The van der Waals surface area contributed by atoms with Crippen LogP contribution < -0.4 is 0 Å². The van der Waals surface area contributed by atoms with Crippen molar-refractivity contribution in [3.05, 3.63) is 35.9 Å².